The summed E-state index contributed by atoms with van der Waals surface area (Å²) in [7, 11) is 3.32. The standard InChI is InChI=1S/C24H28FN3O3/c1-27(17-18-9-11-20(25)12-10-18)23(29)16-21-24(30)26-13-15-28(21)14-5-7-19-6-3-4-8-22(19)31-2/h3-12,21H,13-17H2,1-2H3,(H,26,30)/b7-5+. The minimum Gasteiger partial charge on any atom is -0.496 e. The molecule has 1 unspecified atom stereocenters. The van der Waals surface area contributed by atoms with Crippen molar-refractivity contribution in [1.82, 2.24) is 15.1 Å². The maximum absolute atomic E-state index is 13.1. The quantitative estimate of drug-likeness (QED) is 0.707. The van der Waals surface area contributed by atoms with Crippen molar-refractivity contribution in [2.75, 3.05) is 33.8 Å². The second kappa shape index (κ2) is 10.7. The molecule has 1 aliphatic rings. The third-order valence-electron chi connectivity index (χ3n) is 5.34. The van der Waals surface area contributed by atoms with Gasteiger partial charge in [-0.25, -0.2) is 4.39 Å². The van der Waals surface area contributed by atoms with Crippen molar-refractivity contribution in [3.05, 3.63) is 71.6 Å². The van der Waals surface area contributed by atoms with E-state index >= 15 is 0 Å². The third-order valence-corrected chi connectivity index (χ3v) is 5.34. The van der Waals surface area contributed by atoms with E-state index in [0.29, 0.717) is 26.2 Å². The fourth-order valence-corrected chi connectivity index (χ4v) is 3.59. The van der Waals surface area contributed by atoms with Crippen molar-refractivity contribution in [3.63, 3.8) is 0 Å². The molecule has 6 nitrogen and oxygen atoms in total. The number of piperazine rings is 1. The molecule has 1 heterocycles. The monoisotopic (exact) mass is 425 g/mol. The number of hydrogen-bond acceptors (Lipinski definition) is 4. The van der Waals surface area contributed by atoms with Crippen LogP contribution >= 0.6 is 0 Å². The van der Waals surface area contributed by atoms with E-state index in [2.05, 4.69) is 5.32 Å². The highest BCUT2D eigenvalue weighted by Crippen LogP contribution is 2.19. The van der Waals surface area contributed by atoms with E-state index < -0.39 is 6.04 Å². The first kappa shape index (κ1) is 22.5. The molecule has 0 aliphatic carbocycles. The molecule has 1 atom stereocenters. The summed E-state index contributed by atoms with van der Waals surface area (Å²) in [5, 5.41) is 2.85. The van der Waals surface area contributed by atoms with Crippen LogP contribution in [-0.2, 0) is 16.1 Å². The van der Waals surface area contributed by atoms with Gasteiger partial charge in [0.1, 0.15) is 11.6 Å². The molecule has 0 aromatic heterocycles. The molecule has 0 radical (unpaired) electrons. The van der Waals surface area contributed by atoms with Gasteiger partial charge in [0.2, 0.25) is 11.8 Å². The highest BCUT2D eigenvalue weighted by Gasteiger charge is 2.31. The second-order valence-corrected chi connectivity index (χ2v) is 7.53. The van der Waals surface area contributed by atoms with Gasteiger partial charge in [0, 0.05) is 38.8 Å². The second-order valence-electron chi connectivity index (χ2n) is 7.53. The first-order valence-electron chi connectivity index (χ1n) is 10.3. The molecule has 1 aliphatic heterocycles. The maximum Gasteiger partial charge on any atom is 0.237 e. The topological polar surface area (TPSA) is 61.9 Å². The lowest BCUT2D eigenvalue weighted by Gasteiger charge is -2.34. The van der Waals surface area contributed by atoms with Gasteiger partial charge < -0.3 is 15.0 Å². The van der Waals surface area contributed by atoms with Gasteiger partial charge in [0.25, 0.3) is 0 Å². The predicted molar refractivity (Wildman–Crippen MR) is 118 cm³/mol. The Bertz CT molecular complexity index is 930. The van der Waals surface area contributed by atoms with E-state index in [1.165, 1.54) is 12.1 Å². The molecular weight excluding hydrogens is 397 g/mol. The number of ether oxygens (including phenoxy) is 1. The minimum absolute atomic E-state index is 0.0893. The molecule has 0 spiro atoms. The zero-order valence-electron chi connectivity index (χ0n) is 17.9. The highest BCUT2D eigenvalue weighted by molar-refractivity contribution is 5.88. The first-order valence-corrected chi connectivity index (χ1v) is 10.3. The zero-order chi connectivity index (χ0) is 22.2. The molecule has 1 saturated heterocycles. The Balaban J connectivity index is 1.61. The average Bonchev–Trinajstić information content (AvgIpc) is 2.77. The molecule has 0 bridgehead atoms. The van der Waals surface area contributed by atoms with Crippen LogP contribution in [-0.4, -0.2) is 61.4 Å². The summed E-state index contributed by atoms with van der Waals surface area (Å²) < 4.78 is 18.4. The largest absolute Gasteiger partial charge is 0.496 e. The molecule has 1 N–H and O–H groups in total. The van der Waals surface area contributed by atoms with Crippen molar-refractivity contribution < 1.29 is 18.7 Å². The predicted octanol–water partition coefficient (Wildman–Crippen LogP) is 2.70. The Labute approximate surface area is 182 Å². The van der Waals surface area contributed by atoms with E-state index in [-0.39, 0.29) is 24.1 Å². The molecule has 2 aromatic carbocycles. The van der Waals surface area contributed by atoms with Crippen LogP contribution in [0, 0.1) is 5.82 Å². The van der Waals surface area contributed by atoms with Crippen LogP contribution in [0.25, 0.3) is 6.08 Å². The van der Waals surface area contributed by atoms with E-state index in [1.54, 1.807) is 31.2 Å². The van der Waals surface area contributed by atoms with Gasteiger partial charge in [-0.15, -0.1) is 0 Å². The van der Waals surface area contributed by atoms with Gasteiger partial charge in [-0.05, 0) is 23.8 Å². The summed E-state index contributed by atoms with van der Waals surface area (Å²) >= 11 is 0. The molecule has 0 saturated carbocycles. The van der Waals surface area contributed by atoms with Gasteiger partial charge in [-0.3, -0.25) is 14.5 Å². The summed E-state index contributed by atoms with van der Waals surface area (Å²) in [4.78, 5) is 28.8. The third kappa shape index (κ3) is 6.15. The van der Waals surface area contributed by atoms with Crippen LogP contribution in [0.4, 0.5) is 4.39 Å². The van der Waals surface area contributed by atoms with E-state index in [0.717, 1.165) is 16.9 Å². The zero-order valence-corrected chi connectivity index (χ0v) is 17.9. The summed E-state index contributed by atoms with van der Waals surface area (Å²) in [6, 6.07) is 13.2. The van der Waals surface area contributed by atoms with Crippen LogP contribution in [0.3, 0.4) is 0 Å². The normalized spacial score (nSPS) is 16.9. The molecule has 3 rings (SSSR count). The van der Waals surface area contributed by atoms with Gasteiger partial charge in [-0.1, -0.05) is 42.5 Å². The number of nitrogens with zero attached hydrogens (tertiary/aromatic N) is 2. The minimum atomic E-state index is -0.528. The number of benzene rings is 2. The number of nitrogens with one attached hydrogen (secondary N) is 1. The van der Waals surface area contributed by atoms with Crippen LogP contribution < -0.4 is 10.1 Å². The Hall–Kier alpha value is -3.19. The Morgan fingerprint density at radius 1 is 1.26 bits per heavy atom. The van der Waals surface area contributed by atoms with Crippen molar-refractivity contribution >= 4 is 17.9 Å². The number of carbonyl (C=O) groups excluding carboxylic acids is 2. The van der Waals surface area contributed by atoms with Crippen molar-refractivity contribution in [2.24, 2.45) is 0 Å². The van der Waals surface area contributed by atoms with Gasteiger partial charge >= 0.3 is 0 Å². The summed E-state index contributed by atoms with van der Waals surface area (Å²) in [5.74, 6) is 0.197. The Morgan fingerprint density at radius 3 is 2.74 bits per heavy atom. The fraction of sp³-hybridized carbons (Fsp3) is 0.333. The Morgan fingerprint density at radius 2 is 2.00 bits per heavy atom. The SMILES string of the molecule is COc1ccccc1/C=C/CN1CCNC(=O)C1CC(=O)N(C)Cc1ccc(F)cc1. The number of amides is 2. The fourth-order valence-electron chi connectivity index (χ4n) is 3.59. The van der Waals surface area contributed by atoms with E-state index in [9.17, 15) is 14.0 Å². The molecule has 2 aromatic rings. The molecule has 1 fully saturated rings. The van der Waals surface area contributed by atoms with E-state index in [4.69, 9.17) is 4.74 Å². The van der Waals surface area contributed by atoms with Crippen molar-refractivity contribution in [2.45, 2.75) is 19.0 Å². The molecular formula is C24H28FN3O3. The number of rotatable bonds is 8. The lowest BCUT2D eigenvalue weighted by Crippen LogP contribution is -2.56. The number of hydrogen-bond donors (Lipinski definition) is 1. The van der Waals surface area contributed by atoms with Gasteiger partial charge in [0.05, 0.1) is 19.6 Å². The first-order chi connectivity index (χ1) is 15.0. The van der Waals surface area contributed by atoms with Gasteiger partial charge in [0.15, 0.2) is 0 Å². The van der Waals surface area contributed by atoms with E-state index in [1.807, 2.05) is 41.3 Å². The maximum atomic E-state index is 13.1. The van der Waals surface area contributed by atoms with Crippen LogP contribution in [0.1, 0.15) is 17.5 Å². The summed E-state index contributed by atoms with van der Waals surface area (Å²) in [6.07, 6.45) is 4.03. The average molecular weight is 426 g/mol. The van der Waals surface area contributed by atoms with Crippen molar-refractivity contribution in [1.29, 1.82) is 0 Å². The highest BCUT2D eigenvalue weighted by atomic mass is 19.1. The molecule has 2 amide bonds. The lowest BCUT2D eigenvalue weighted by molar-refractivity contribution is -0.138. The number of methoxy groups -OCH3 is 1. The molecule has 164 valence electrons. The Kier molecular flexibility index (Phi) is 7.78. The smallest absolute Gasteiger partial charge is 0.237 e. The van der Waals surface area contributed by atoms with Crippen LogP contribution in [0.2, 0.25) is 0 Å². The number of carbonyl (C=O) groups is 2. The summed E-state index contributed by atoms with van der Waals surface area (Å²) in [5.41, 5.74) is 1.79. The van der Waals surface area contributed by atoms with Gasteiger partial charge in [-0.2, -0.15) is 0 Å². The number of para-hydroxylation sites is 1. The molecule has 31 heavy (non-hydrogen) atoms. The molecule has 7 heteroatoms. The summed E-state index contributed by atoms with van der Waals surface area (Å²) in [6.45, 7) is 2.13. The van der Waals surface area contributed by atoms with Crippen LogP contribution in [0.15, 0.2) is 54.6 Å². The lowest BCUT2D eigenvalue weighted by atomic mass is 10.1. The van der Waals surface area contributed by atoms with Crippen molar-refractivity contribution in [3.8, 4) is 5.75 Å². The van der Waals surface area contributed by atoms with Crippen LogP contribution in [0.5, 0.6) is 5.75 Å². The number of halogens is 1.